The Morgan fingerprint density at radius 2 is 1.89 bits per heavy atom. The van der Waals surface area contributed by atoms with Crippen LogP contribution in [0.4, 0.5) is 13.2 Å². The third kappa shape index (κ3) is 3.24. The van der Waals surface area contributed by atoms with Gasteiger partial charge in [0.15, 0.2) is 0 Å². The van der Waals surface area contributed by atoms with E-state index in [4.69, 9.17) is 0 Å². The van der Waals surface area contributed by atoms with Crippen molar-refractivity contribution in [1.82, 2.24) is 4.57 Å². The lowest BCUT2D eigenvalue weighted by atomic mass is 10.1. The van der Waals surface area contributed by atoms with Crippen LogP contribution in [-0.2, 0) is 12.7 Å². The van der Waals surface area contributed by atoms with Gasteiger partial charge in [-0.2, -0.15) is 13.2 Å². The molecule has 19 heavy (non-hydrogen) atoms. The Balaban J connectivity index is 2.30. The van der Waals surface area contributed by atoms with Crippen LogP contribution >= 0.6 is 0 Å². The molecule has 1 aromatic carbocycles. The molecule has 0 unspecified atom stereocenters. The molecule has 5 heteroatoms. The first-order chi connectivity index (χ1) is 8.86. The van der Waals surface area contributed by atoms with Crippen molar-refractivity contribution >= 4 is 0 Å². The summed E-state index contributed by atoms with van der Waals surface area (Å²) in [7, 11) is 0. The Bertz CT molecular complexity index is 644. The summed E-state index contributed by atoms with van der Waals surface area (Å²) < 4.78 is 38.5. The van der Waals surface area contributed by atoms with Gasteiger partial charge in [-0.1, -0.05) is 29.8 Å². The summed E-state index contributed by atoms with van der Waals surface area (Å²) in [5, 5.41) is 0. The average molecular weight is 267 g/mol. The van der Waals surface area contributed by atoms with Crippen molar-refractivity contribution in [3.63, 3.8) is 0 Å². The van der Waals surface area contributed by atoms with Gasteiger partial charge in [0.1, 0.15) is 0 Å². The minimum atomic E-state index is -4.48. The minimum absolute atomic E-state index is 0.263. The Kier molecular flexibility index (Phi) is 3.46. The molecule has 100 valence electrons. The Morgan fingerprint density at radius 1 is 1.16 bits per heavy atom. The first-order valence-electron chi connectivity index (χ1n) is 5.69. The molecule has 0 spiro atoms. The molecule has 0 atom stereocenters. The molecule has 2 rings (SSSR count). The number of benzene rings is 1. The maximum Gasteiger partial charge on any atom is 0.416 e. The average Bonchev–Trinajstić information content (AvgIpc) is 2.30. The van der Waals surface area contributed by atoms with Crippen LogP contribution in [0.3, 0.4) is 0 Å². The molecule has 2 aromatic rings. The third-order valence-corrected chi connectivity index (χ3v) is 2.76. The van der Waals surface area contributed by atoms with Gasteiger partial charge >= 0.3 is 6.18 Å². The molecule has 0 aliphatic rings. The van der Waals surface area contributed by atoms with Crippen molar-refractivity contribution in [3.8, 4) is 0 Å². The van der Waals surface area contributed by atoms with Crippen molar-refractivity contribution < 1.29 is 13.2 Å². The zero-order chi connectivity index (χ0) is 14.0. The Labute approximate surface area is 108 Å². The van der Waals surface area contributed by atoms with Crippen molar-refractivity contribution in [3.05, 3.63) is 69.6 Å². The van der Waals surface area contributed by atoms with Crippen molar-refractivity contribution in [2.45, 2.75) is 19.6 Å². The van der Waals surface area contributed by atoms with Crippen LogP contribution in [0.15, 0.2) is 47.4 Å². The summed E-state index contributed by atoms with van der Waals surface area (Å²) in [5.74, 6) is 0. The van der Waals surface area contributed by atoms with E-state index >= 15 is 0 Å². The quantitative estimate of drug-likeness (QED) is 0.818. The highest BCUT2D eigenvalue weighted by molar-refractivity contribution is 5.23. The van der Waals surface area contributed by atoms with E-state index in [-0.39, 0.29) is 6.54 Å². The summed E-state index contributed by atoms with van der Waals surface area (Å²) in [5.41, 5.74) is 0.341. The largest absolute Gasteiger partial charge is 0.416 e. The zero-order valence-electron chi connectivity index (χ0n) is 10.2. The molecule has 0 amide bonds. The monoisotopic (exact) mass is 267 g/mol. The molecule has 0 N–H and O–H groups in total. The van der Waals surface area contributed by atoms with Gasteiger partial charge < -0.3 is 4.57 Å². The summed E-state index contributed by atoms with van der Waals surface area (Å²) in [6, 6.07) is 9.02. The molecular weight excluding hydrogens is 255 g/mol. The van der Waals surface area contributed by atoms with Crippen LogP contribution in [-0.4, -0.2) is 4.57 Å². The topological polar surface area (TPSA) is 22.0 Å². The molecule has 1 aromatic heterocycles. The molecule has 0 radical (unpaired) electrons. The van der Waals surface area contributed by atoms with Gasteiger partial charge in [0.25, 0.3) is 5.56 Å². The van der Waals surface area contributed by atoms with E-state index in [0.29, 0.717) is 6.07 Å². The van der Waals surface area contributed by atoms with Gasteiger partial charge in [0.2, 0.25) is 0 Å². The molecule has 1 heterocycles. The lowest BCUT2D eigenvalue weighted by molar-refractivity contribution is -0.137. The normalized spacial score (nSPS) is 11.6. The highest BCUT2D eigenvalue weighted by Crippen LogP contribution is 2.27. The van der Waals surface area contributed by atoms with Gasteiger partial charge in [0, 0.05) is 12.3 Å². The fourth-order valence-electron chi connectivity index (χ4n) is 1.82. The number of hydrogen-bond donors (Lipinski definition) is 0. The van der Waals surface area contributed by atoms with Crippen molar-refractivity contribution in [2.75, 3.05) is 0 Å². The van der Waals surface area contributed by atoms with Gasteiger partial charge in [-0.25, -0.2) is 0 Å². The molecule has 0 aliphatic heterocycles. The fraction of sp³-hybridized carbons (Fsp3) is 0.214. The van der Waals surface area contributed by atoms with E-state index in [2.05, 4.69) is 0 Å². The zero-order valence-corrected chi connectivity index (χ0v) is 10.2. The number of pyridine rings is 1. The number of nitrogens with zero attached hydrogens (tertiary/aromatic N) is 1. The second-order valence-electron chi connectivity index (χ2n) is 4.37. The van der Waals surface area contributed by atoms with Crippen LogP contribution < -0.4 is 5.56 Å². The number of aromatic nitrogens is 1. The van der Waals surface area contributed by atoms with E-state index in [1.165, 1.54) is 10.8 Å². The van der Waals surface area contributed by atoms with Crippen molar-refractivity contribution in [1.29, 1.82) is 0 Å². The summed E-state index contributed by atoms with van der Waals surface area (Å²) in [6.07, 6.45) is -3.31. The van der Waals surface area contributed by atoms with Gasteiger partial charge in [-0.3, -0.25) is 4.79 Å². The predicted molar refractivity (Wildman–Crippen MR) is 66.0 cm³/mol. The number of rotatable bonds is 2. The number of hydrogen-bond acceptors (Lipinski definition) is 1. The molecule has 0 aliphatic carbocycles. The van der Waals surface area contributed by atoms with Crippen LogP contribution in [0.5, 0.6) is 0 Å². The third-order valence-electron chi connectivity index (χ3n) is 2.76. The van der Waals surface area contributed by atoms with E-state index < -0.39 is 17.3 Å². The van der Waals surface area contributed by atoms with E-state index in [1.807, 2.05) is 31.2 Å². The predicted octanol–water partition coefficient (Wildman–Crippen LogP) is 3.22. The fourth-order valence-corrected chi connectivity index (χ4v) is 1.82. The van der Waals surface area contributed by atoms with Crippen LogP contribution in [0.25, 0.3) is 0 Å². The number of halogens is 3. The SMILES string of the molecule is Cc1cccc(Cn2ccc(C(F)(F)F)cc2=O)c1. The minimum Gasteiger partial charge on any atom is -0.311 e. The van der Waals surface area contributed by atoms with E-state index in [9.17, 15) is 18.0 Å². The number of aryl methyl sites for hydroxylation is 1. The first-order valence-corrected chi connectivity index (χ1v) is 5.69. The first kappa shape index (κ1) is 13.4. The van der Waals surface area contributed by atoms with Gasteiger partial charge in [-0.15, -0.1) is 0 Å². The van der Waals surface area contributed by atoms with E-state index in [0.717, 1.165) is 17.2 Å². The summed E-state index contributed by atoms with van der Waals surface area (Å²) in [6.45, 7) is 2.18. The lowest BCUT2D eigenvalue weighted by Gasteiger charge is -2.09. The molecular formula is C14H12F3NO. The molecule has 0 fully saturated rings. The van der Waals surface area contributed by atoms with E-state index in [1.54, 1.807) is 0 Å². The Morgan fingerprint density at radius 3 is 2.47 bits per heavy atom. The highest BCUT2D eigenvalue weighted by atomic mass is 19.4. The smallest absolute Gasteiger partial charge is 0.311 e. The van der Waals surface area contributed by atoms with Crippen LogP contribution in [0, 0.1) is 6.92 Å². The second kappa shape index (κ2) is 4.91. The Hall–Kier alpha value is -2.04. The summed E-state index contributed by atoms with van der Waals surface area (Å²) >= 11 is 0. The maximum absolute atomic E-state index is 12.4. The molecule has 0 bridgehead atoms. The van der Waals surface area contributed by atoms with Crippen LogP contribution in [0.2, 0.25) is 0 Å². The number of alkyl halides is 3. The molecule has 0 saturated carbocycles. The van der Waals surface area contributed by atoms with Gasteiger partial charge in [-0.05, 0) is 18.6 Å². The second-order valence-corrected chi connectivity index (χ2v) is 4.37. The maximum atomic E-state index is 12.4. The highest BCUT2D eigenvalue weighted by Gasteiger charge is 2.30. The lowest BCUT2D eigenvalue weighted by Crippen LogP contribution is -2.22. The van der Waals surface area contributed by atoms with Gasteiger partial charge in [0.05, 0.1) is 12.1 Å². The molecule has 2 nitrogen and oxygen atoms in total. The standard InChI is InChI=1S/C14H12F3NO/c1-10-3-2-4-11(7-10)9-18-6-5-12(8-13(18)19)14(15,16)17/h2-8H,9H2,1H3. The summed E-state index contributed by atoms with van der Waals surface area (Å²) in [4.78, 5) is 11.6. The molecule has 0 saturated heterocycles. The van der Waals surface area contributed by atoms with Crippen LogP contribution in [0.1, 0.15) is 16.7 Å². The van der Waals surface area contributed by atoms with Crippen molar-refractivity contribution in [2.24, 2.45) is 0 Å².